The summed E-state index contributed by atoms with van der Waals surface area (Å²) in [6, 6.07) is -0.615. The molecule has 2 amide bonds. The zero-order valence-corrected chi connectivity index (χ0v) is 10.2. The van der Waals surface area contributed by atoms with Crippen LogP contribution in [0.5, 0.6) is 0 Å². The van der Waals surface area contributed by atoms with Crippen LogP contribution in [0.1, 0.15) is 25.7 Å². The maximum atomic E-state index is 11.3. The molecule has 0 aliphatic carbocycles. The molecule has 2 saturated heterocycles. The first-order chi connectivity index (χ1) is 8.56. The number of rotatable bonds is 3. The van der Waals surface area contributed by atoms with Gasteiger partial charge in [0.05, 0.1) is 18.1 Å². The second-order valence-electron chi connectivity index (χ2n) is 4.86. The third-order valence-electron chi connectivity index (χ3n) is 3.93. The van der Waals surface area contributed by atoms with Crippen LogP contribution in [-0.4, -0.2) is 56.9 Å². The van der Waals surface area contributed by atoms with Crippen molar-refractivity contribution in [3.63, 3.8) is 0 Å². The second-order valence-corrected chi connectivity index (χ2v) is 4.86. The largest absolute Gasteiger partial charge is 0.465 e. The summed E-state index contributed by atoms with van der Waals surface area (Å²) >= 11 is 0. The summed E-state index contributed by atoms with van der Waals surface area (Å²) in [7, 11) is 0. The molecule has 2 N–H and O–H groups in total. The second kappa shape index (κ2) is 4.88. The van der Waals surface area contributed by atoms with Crippen LogP contribution < -0.4 is 0 Å². The van der Waals surface area contributed by atoms with Crippen molar-refractivity contribution < 1.29 is 19.8 Å². The fraction of sp³-hybridized carbons (Fsp3) is 0.667. The van der Waals surface area contributed by atoms with Gasteiger partial charge in [0.1, 0.15) is 0 Å². The first-order valence-corrected chi connectivity index (χ1v) is 6.18. The van der Waals surface area contributed by atoms with Crippen molar-refractivity contribution in [1.29, 1.82) is 0 Å². The Labute approximate surface area is 105 Å². The summed E-state index contributed by atoms with van der Waals surface area (Å²) < 4.78 is 0. The highest BCUT2D eigenvalue weighted by atomic mass is 16.4. The van der Waals surface area contributed by atoms with Gasteiger partial charge in [0.25, 0.3) is 0 Å². The molecule has 0 radical (unpaired) electrons. The van der Waals surface area contributed by atoms with Crippen molar-refractivity contribution in [3.8, 4) is 0 Å². The van der Waals surface area contributed by atoms with Crippen LogP contribution in [-0.2, 0) is 0 Å². The predicted octanol–water partition coefficient (Wildman–Crippen LogP) is 1.83. The molecule has 0 saturated carbocycles. The lowest BCUT2D eigenvalue weighted by Crippen LogP contribution is -2.62. The lowest BCUT2D eigenvalue weighted by atomic mass is 9.98. The Balaban J connectivity index is 2.21. The smallest absolute Gasteiger partial charge is 0.407 e. The summed E-state index contributed by atoms with van der Waals surface area (Å²) in [6.45, 7) is 3.93. The molecule has 0 aromatic carbocycles. The van der Waals surface area contributed by atoms with E-state index < -0.39 is 12.2 Å². The van der Waals surface area contributed by atoms with Gasteiger partial charge in [0.15, 0.2) is 0 Å². The van der Waals surface area contributed by atoms with E-state index >= 15 is 0 Å². The van der Waals surface area contributed by atoms with Crippen molar-refractivity contribution in [2.45, 2.75) is 43.8 Å². The van der Waals surface area contributed by atoms with E-state index in [0.717, 1.165) is 12.8 Å². The highest BCUT2D eigenvalue weighted by Gasteiger charge is 2.49. The van der Waals surface area contributed by atoms with Gasteiger partial charge in [-0.05, 0) is 25.7 Å². The minimum absolute atomic E-state index is 0.177. The van der Waals surface area contributed by atoms with E-state index in [0.29, 0.717) is 19.4 Å². The van der Waals surface area contributed by atoms with Crippen LogP contribution in [0, 0.1) is 0 Å². The Hall–Kier alpha value is -1.72. The molecule has 100 valence electrons. The molecule has 6 heteroatoms. The Kier molecular flexibility index (Phi) is 3.45. The van der Waals surface area contributed by atoms with Crippen LogP contribution in [0.4, 0.5) is 9.59 Å². The molecule has 0 aromatic heterocycles. The molecule has 2 bridgehead atoms. The van der Waals surface area contributed by atoms with Crippen molar-refractivity contribution in [2.75, 3.05) is 6.54 Å². The maximum absolute atomic E-state index is 11.3. The van der Waals surface area contributed by atoms with E-state index in [-0.39, 0.29) is 18.1 Å². The van der Waals surface area contributed by atoms with Crippen molar-refractivity contribution in [3.05, 3.63) is 12.7 Å². The summed E-state index contributed by atoms with van der Waals surface area (Å²) in [5, 5.41) is 18.5. The van der Waals surface area contributed by atoms with Gasteiger partial charge in [-0.2, -0.15) is 0 Å². The lowest BCUT2D eigenvalue weighted by Gasteiger charge is -2.44. The number of amides is 2. The van der Waals surface area contributed by atoms with E-state index in [4.69, 9.17) is 0 Å². The monoisotopic (exact) mass is 254 g/mol. The molecule has 2 aliphatic rings. The third-order valence-corrected chi connectivity index (χ3v) is 3.93. The van der Waals surface area contributed by atoms with Crippen molar-refractivity contribution >= 4 is 12.2 Å². The van der Waals surface area contributed by atoms with Crippen LogP contribution in [0.2, 0.25) is 0 Å². The zero-order chi connectivity index (χ0) is 13.3. The van der Waals surface area contributed by atoms with Crippen LogP contribution in [0.3, 0.4) is 0 Å². The first-order valence-electron chi connectivity index (χ1n) is 6.18. The molecule has 2 heterocycles. The average Bonchev–Trinajstić information content (AvgIpc) is 2.64. The fourth-order valence-electron chi connectivity index (χ4n) is 3.19. The molecular weight excluding hydrogens is 236 g/mol. The van der Waals surface area contributed by atoms with Crippen molar-refractivity contribution in [1.82, 2.24) is 9.80 Å². The van der Waals surface area contributed by atoms with E-state index in [1.54, 1.807) is 6.08 Å². The highest BCUT2D eigenvalue weighted by molar-refractivity contribution is 5.70. The quantitative estimate of drug-likeness (QED) is 0.753. The minimum atomic E-state index is -0.953. The molecule has 2 rings (SSSR count). The number of likely N-dealkylation sites (tertiary alicyclic amines) is 1. The first kappa shape index (κ1) is 12.7. The zero-order valence-electron chi connectivity index (χ0n) is 10.2. The number of piperazine rings is 1. The van der Waals surface area contributed by atoms with Crippen LogP contribution in [0.15, 0.2) is 12.7 Å². The summed E-state index contributed by atoms with van der Waals surface area (Å²) in [5.74, 6) is 0. The molecule has 0 unspecified atom stereocenters. The molecule has 0 spiro atoms. The number of allylic oxidation sites excluding steroid dienone is 1. The number of carboxylic acid groups (broad SMARTS) is 2. The summed E-state index contributed by atoms with van der Waals surface area (Å²) in [4.78, 5) is 25.4. The van der Waals surface area contributed by atoms with Gasteiger partial charge < -0.3 is 15.1 Å². The topological polar surface area (TPSA) is 81.1 Å². The Morgan fingerprint density at radius 2 is 2.00 bits per heavy atom. The Morgan fingerprint density at radius 3 is 2.56 bits per heavy atom. The van der Waals surface area contributed by atoms with Gasteiger partial charge in [-0.1, -0.05) is 6.08 Å². The van der Waals surface area contributed by atoms with E-state index in [9.17, 15) is 19.8 Å². The van der Waals surface area contributed by atoms with Crippen molar-refractivity contribution in [2.24, 2.45) is 0 Å². The molecule has 2 fully saturated rings. The Morgan fingerprint density at radius 1 is 1.28 bits per heavy atom. The number of hydrogen-bond acceptors (Lipinski definition) is 2. The maximum Gasteiger partial charge on any atom is 0.407 e. The normalized spacial score (nSPS) is 30.3. The fourth-order valence-corrected chi connectivity index (χ4v) is 3.19. The lowest BCUT2D eigenvalue weighted by molar-refractivity contribution is 0.0223. The van der Waals surface area contributed by atoms with Crippen LogP contribution in [0.25, 0.3) is 0 Å². The molecule has 18 heavy (non-hydrogen) atoms. The van der Waals surface area contributed by atoms with Gasteiger partial charge in [0.2, 0.25) is 0 Å². The standard InChI is InChI=1S/C12H18N2O4/c1-2-3-4-9-10-6-5-8(14(10)12(17)18)7-13(9)11(15)16/h2,8-10H,1,3-7H2,(H,15,16)(H,17,18)/t8-,9+,10+/m1/s1. The highest BCUT2D eigenvalue weighted by Crippen LogP contribution is 2.36. The molecular formula is C12H18N2O4. The van der Waals surface area contributed by atoms with Crippen LogP contribution >= 0.6 is 0 Å². The van der Waals surface area contributed by atoms with Gasteiger partial charge >= 0.3 is 12.2 Å². The molecule has 2 aliphatic heterocycles. The number of carbonyl (C=O) groups is 2. The Bertz CT molecular complexity index is 371. The van der Waals surface area contributed by atoms with E-state index in [1.807, 2.05) is 0 Å². The number of hydrogen-bond donors (Lipinski definition) is 2. The third kappa shape index (κ3) is 2.02. The van der Waals surface area contributed by atoms with Gasteiger partial charge in [-0.3, -0.25) is 4.90 Å². The van der Waals surface area contributed by atoms with Gasteiger partial charge in [-0.15, -0.1) is 6.58 Å². The SMILES string of the molecule is C=CCC[C@H]1[C@@H]2CC[C@H](CN1C(=O)O)N2C(=O)O. The van der Waals surface area contributed by atoms with Gasteiger partial charge in [-0.25, -0.2) is 9.59 Å². The average molecular weight is 254 g/mol. The van der Waals surface area contributed by atoms with Gasteiger partial charge in [0, 0.05) is 6.54 Å². The predicted molar refractivity (Wildman–Crippen MR) is 64.6 cm³/mol. The number of fused-ring (bicyclic) bond motifs is 2. The number of nitrogens with zero attached hydrogens (tertiary/aromatic N) is 2. The molecule has 6 nitrogen and oxygen atoms in total. The van der Waals surface area contributed by atoms with E-state index in [1.165, 1.54) is 9.80 Å². The van der Waals surface area contributed by atoms with E-state index in [2.05, 4.69) is 6.58 Å². The summed E-state index contributed by atoms with van der Waals surface area (Å²) in [6.07, 6.45) is 2.70. The summed E-state index contributed by atoms with van der Waals surface area (Å²) in [5.41, 5.74) is 0. The molecule has 0 aromatic rings. The minimum Gasteiger partial charge on any atom is -0.465 e. The molecule has 3 atom stereocenters.